The molecule has 2 aliphatic rings. The van der Waals surface area contributed by atoms with Gasteiger partial charge in [-0.2, -0.15) is 0 Å². The number of rotatable bonds is 3. The molecule has 4 rings (SSSR count). The lowest BCUT2D eigenvalue weighted by Crippen LogP contribution is -2.47. The van der Waals surface area contributed by atoms with Gasteiger partial charge in [0.15, 0.2) is 5.82 Å². The Morgan fingerprint density at radius 1 is 1.45 bits per heavy atom. The Bertz CT molecular complexity index is 788. The Labute approximate surface area is 127 Å². The first kappa shape index (κ1) is 13.7. The summed E-state index contributed by atoms with van der Waals surface area (Å²) in [5.41, 5.74) is 1.08. The molecule has 1 aromatic heterocycles. The van der Waals surface area contributed by atoms with Crippen LogP contribution in [0.5, 0.6) is 0 Å². The van der Waals surface area contributed by atoms with Crippen molar-refractivity contribution < 1.29 is 9.84 Å². The maximum absolute atomic E-state index is 12.8. The minimum absolute atomic E-state index is 0.0183. The zero-order chi connectivity index (χ0) is 15.3. The standard InChI is InChI=1S/C16H19N3O3/c1-2-18-13-6-4-3-5-12(13)17-14(15(18)21)19-9-16(10-20)7-11(19)8-22-16/h3-6,11,20H,2,7-10H2,1H3/t11-,16-/m0/s1. The van der Waals surface area contributed by atoms with Gasteiger partial charge in [0, 0.05) is 13.0 Å². The van der Waals surface area contributed by atoms with Gasteiger partial charge < -0.3 is 19.3 Å². The number of ether oxygens (including phenoxy) is 1. The third-order valence-electron chi connectivity index (χ3n) is 4.80. The van der Waals surface area contributed by atoms with E-state index in [9.17, 15) is 9.90 Å². The van der Waals surface area contributed by atoms with Crippen LogP contribution in [0.1, 0.15) is 13.3 Å². The molecule has 2 fully saturated rings. The fourth-order valence-electron chi connectivity index (χ4n) is 3.66. The first-order valence-corrected chi connectivity index (χ1v) is 7.68. The molecule has 2 bridgehead atoms. The second kappa shape index (κ2) is 4.79. The van der Waals surface area contributed by atoms with E-state index >= 15 is 0 Å². The molecule has 0 unspecified atom stereocenters. The molecule has 0 saturated carbocycles. The Kier molecular flexibility index (Phi) is 2.99. The van der Waals surface area contributed by atoms with Gasteiger partial charge in [-0.25, -0.2) is 4.98 Å². The van der Waals surface area contributed by atoms with E-state index in [-0.39, 0.29) is 18.2 Å². The smallest absolute Gasteiger partial charge is 0.294 e. The fraction of sp³-hybridized carbons (Fsp3) is 0.500. The van der Waals surface area contributed by atoms with Crippen LogP contribution in [0.15, 0.2) is 29.1 Å². The number of nitrogens with zero attached hydrogens (tertiary/aromatic N) is 3. The van der Waals surface area contributed by atoms with E-state index in [2.05, 4.69) is 4.98 Å². The predicted octanol–water partition coefficient (Wildman–Crippen LogP) is 0.756. The SMILES string of the molecule is CCn1c(=O)c(N2C[C@]3(CO)C[C@H]2CO3)nc2ccccc21. The number of fused-ring (bicyclic) bond motifs is 3. The Morgan fingerprint density at radius 3 is 3.00 bits per heavy atom. The highest BCUT2D eigenvalue weighted by Gasteiger charge is 2.51. The maximum atomic E-state index is 12.8. The van der Waals surface area contributed by atoms with Crippen LogP contribution in [0.3, 0.4) is 0 Å². The number of aromatic nitrogens is 2. The minimum atomic E-state index is -0.526. The maximum Gasteiger partial charge on any atom is 0.294 e. The summed E-state index contributed by atoms with van der Waals surface area (Å²) in [4.78, 5) is 19.4. The molecular formula is C16H19N3O3. The van der Waals surface area contributed by atoms with Crippen molar-refractivity contribution in [1.82, 2.24) is 9.55 Å². The summed E-state index contributed by atoms with van der Waals surface area (Å²) in [6.07, 6.45) is 0.754. The van der Waals surface area contributed by atoms with Gasteiger partial charge in [0.05, 0.1) is 36.8 Å². The topological polar surface area (TPSA) is 67.6 Å². The lowest BCUT2D eigenvalue weighted by molar-refractivity contribution is -0.0375. The molecule has 6 heteroatoms. The largest absolute Gasteiger partial charge is 0.393 e. The molecular weight excluding hydrogens is 282 g/mol. The molecule has 2 atom stereocenters. The summed E-state index contributed by atoms with van der Waals surface area (Å²) in [6.45, 7) is 3.62. The Morgan fingerprint density at radius 2 is 2.27 bits per heavy atom. The second-order valence-corrected chi connectivity index (χ2v) is 6.11. The van der Waals surface area contributed by atoms with E-state index in [0.717, 1.165) is 17.5 Å². The summed E-state index contributed by atoms with van der Waals surface area (Å²) in [7, 11) is 0. The molecule has 0 amide bonds. The quantitative estimate of drug-likeness (QED) is 0.906. The van der Waals surface area contributed by atoms with Gasteiger partial charge in [-0.15, -0.1) is 0 Å². The number of morpholine rings is 1. The van der Waals surface area contributed by atoms with Crippen LogP contribution >= 0.6 is 0 Å². The van der Waals surface area contributed by atoms with E-state index in [1.165, 1.54) is 0 Å². The van der Waals surface area contributed by atoms with Crippen LogP contribution in [-0.2, 0) is 11.3 Å². The van der Waals surface area contributed by atoms with Crippen molar-refractivity contribution in [1.29, 1.82) is 0 Å². The highest BCUT2D eigenvalue weighted by molar-refractivity contribution is 5.76. The third-order valence-corrected chi connectivity index (χ3v) is 4.80. The first-order chi connectivity index (χ1) is 10.7. The highest BCUT2D eigenvalue weighted by atomic mass is 16.5. The summed E-state index contributed by atoms with van der Waals surface area (Å²) < 4.78 is 7.46. The van der Waals surface area contributed by atoms with E-state index in [4.69, 9.17) is 4.74 Å². The summed E-state index contributed by atoms with van der Waals surface area (Å²) >= 11 is 0. The molecule has 3 heterocycles. The van der Waals surface area contributed by atoms with Crippen molar-refractivity contribution in [3.05, 3.63) is 34.6 Å². The number of aryl methyl sites for hydroxylation is 1. The van der Waals surface area contributed by atoms with Gasteiger partial charge in [-0.3, -0.25) is 4.79 Å². The molecule has 2 saturated heterocycles. The second-order valence-electron chi connectivity index (χ2n) is 6.11. The zero-order valence-corrected chi connectivity index (χ0v) is 12.5. The number of para-hydroxylation sites is 2. The third kappa shape index (κ3) is 1.80. The Hall–Kier alpha value is -1.92. The van der Waals surface area contributed by atoms with Crippen molar-refractivity contribution in [3.8, 4) is 0 Å². The molecule has 116 valence electrons. The van der Waals surface area contributed by atoms with Crippen LogP contribution < -0.4 is 10.5 Å². The van der Waals surface area contributed by atoms with Gasteiger partial charge in [-0.1, -0.05) is 12.1 Å². The van der Waals surface area contributed by atoms with Crippen molar-refractivity contribution in [3.63, 3.8) is 0 Å². The van der Waals surface area contributed by atoms with Crippen molar-refractivity contribution in [2.45, 2.75) is 31.5 Å². The zero-order valence-electron chi connectivity index (χ0n) is 12.5. The lowest BCUT2D eigenvalue weighted by atomic mass is 10.1. The number of hydrogen-bond acceptors (Lipinski definition) is 5. The van der Waals surface area contributed by atoms with Crippen LogP contribution in [0.25, 0.3) is 11.0 Å². The van der Waals surface area contributed by atoms with E-state index < -0.39 is 5.60 Å². The molecule has 0 radical (unpaired) electrons. The summed E-state index contributed by atoms with van der Waals surface area (Å²) in [5, 5.41) is 9.59. The first-order valence-electron chi connectivity index (χ1n) is 7.68. The number of aliphatic hydroxyl groups excluding tert-OH is 1. The number of benzene rings is 1. The van der Waals surface area contributed by atoms with Gasteiger partial charge in [0.1, 0.15) is 5.60 Å². The Balaban J connectivity index is 1.86. The molecule has 22 heavy (non-hydrogen) atoms. The van der Waals surface area contributed by atoms with Crippen molar-refractivity contribution in [2.24, 2.45) is 0 Å². The summed E-state index contributed by atoms with van der Waals surface area (Å²) in [6, 6.07) is 7.82. The van der Waals surface area contributed by atoms with Crippen LogP contribution in [-0.4, -0.2) is 46.1 Å². The number of anilines is 1. The van der Waals surface area contributed by atoms with E-state index in [1.54, 1.807) is 4.57 Å². The molecule has 0 spiro atoms. The predicted molar refractivity (Wildman–Crippen MR) is 83.2 cm³/mol. The van der Waals surface area contributed by atoms with Crippen molar-refractivity contribution in [2.75, 3.05) is 24.7 Å². The lowest BCUT2D eigenvalue weighted by Gasteiger charge is -2.32. The van der Waals surface area contributed by atoms with Crippen LogP contribution in [0.4, 0.5) is 5.82 Å². The van der Waals surface area contributed by atoms with Crippen LogP contribution in [0.2, 0.25) is 0 Å². The average molecular weight is 301 g/mol. The molecule has 6 nitrogen and oxygen atoms in total. The monoisotopic (exact) mass is 301 g/mol. The normalized spacial score (nSPS) is 27.0. The minimum Gasteiger partial charge on any atom is -0.393 e. The van der Waals surface area contributed by atoms with Gasteiger partial charge in [-0.05, 0) is 19.1 Å². The molecule has 2 aromatic rings. The number of aliphatic hydroxyl groups is 1. The molecule has 0 aliphatic carbocycles. The van der Waals surface area contributed by atoms with E-state index in [0.29, 0.717) is 25.5 Å². The van der Waals surface area contributed by atoms with Gasteiger partial charge >= 0.3 is 0 Å². The van der Waals surface area contributed by atoms with Crippen molar-refractivity contribution >= 4 is 16.9 Å². The van der Waals surface area contributed by atoms with E-state index in [1.807, 2.05) is 36.1 Å². The van der Waals surface area contributed by atoms with Crippen LogP contribution in [0, 0.1) is 0 Å². The fourth-order valence-corrected chi connectivity index (χ4v) is 3.66. The average Bonchev–Trinajstić information content (AvgIpc) is 3.13. The molecule has 2 aliphatic heterocycles. The van der Waals surface area contributed by atoms with Gasteiger partial charge in [0.2, 0.25) is 0 Å². The summed E-state index contributed by atoms with van der Waals surface area (Å²) in [5.74, 6) is 0.476. The van der Waals surface area contributed by atoms with Gasteiger partial charge in [0.25, 0.3) is 5.56 Å². The highest BCUT2D eigenvalue weighted by Crippen LogP contribution is 2.38. The molecule has 1 N–H and O–H groups in total. The number of hydrogen-bond donors (Lipinski definition) is 1. The molecule has 1 aromatic carbocycles.